The van der Waals surface area contributed by atoms with Gasteiger partial charge in [-0.05, 0) is 43.9 Å². The van der Waals surface area contributed by atoms with E-state index in [1.165, 1.54) is 5.56 Å². The normalized spacial score (nSPS) is 17.9. The van der Waals surface area contributed by atoms with Crippen molar-refractivity contribution in [3.05, 3.63) is 30.1 Å². The standard InChI is InChI=1S/C12H17N3O.2C2HF3O2/c13-11(16)12(6-8-15-12)5-1-3-10-4-2-7-14-9-10;2*3-2(4,5)1(6)7/h2,4,7,9,15H,1,3,5-6,8H2,(H2,13,16);2*(H,6,7). The number of carboxylic acids is 2. The molecule has 8 nitrogen and oxygen atoms in total. The number of alkyl halides is 6. The maximum Gasteiger partial charge on any atom is 0.490 e. The van der Waals surface area contributed by atoms with Crippen molar-refractivity contribution in [3.63, 3.8) is 0 Å². The molecule has 5 N–H and O–H groups in total. The molecule has 0 radical (unpaired) electrons. The van der Waals surface area contributed by atoms with E-state index < -0.39 is 29.8 Å². The maximum atomic E-state index is 11.3. The summed E-state index contributed by atoms with van der Waals surface area (Å²) in [5, 5.41) is 17.4. The summed E-state index contributed by atoms with van der Waals surface area (Å²) >= 11 is 0. The molecule has 0 aliphatic carbocycles. The number of hydrogen-bond acceptors (Lipinski definition) is 5. The highest BCUT2D eigenvalue weighted by atomic mass is 19.4. The SMILES string of the molecule is NC(=O)C1(CCCc2cccnc2)CCN1.O=C(O)C(F)(F)F.O=C(O)C(F)(F)F. The first-order valence-electron chi connectivity index (χ1n) is 8.16. The zero-order valence-electron chi connectivity index (χ0n) is 15.3. The van der Waals surface area contributed by atoms with Crippen molar-refractivity contribution < 1.29 is 50.9 Å². The number of halogens is 6. The molecule has 1 atom stereocenters. The average molecular weight is 447 g/mol. The molecule has 0 spiro atoms. The molecule has 0 aromatic carbocycles. The van der Waals surface area contributed by atoms with Gasteiger partial charge in [-0.3, -0.25) is 9.78 Å². The minimum atomic E-state index is -5.08. The third kappa shape index (κ3) is 10.0. The quantitative estimate of drug-likeness (QED) is 0.505. The van der Waals surface area contributed by atoms with Gasteiger partial charge in [-0.15, -0.1) is 0 Å². The van der Waals surface area contributed by atoms with Crippen LogP contribution in [0.5, 0.6) is 0 Å². The van der Waals surface area contributed by atoms with E-state index in [9.17, 15) is 31.1 Å². The van der Waals surface area contributed by atoms with Crippen LogP contribution in [0, 0.1) is 0 Å². The molecule has 30 heavy (non-hydrogen) atoms. The van der Waals surface area contributed by atoms with Crippen LogP contribution >= 0.6 is 0 Å². The van der Waals surface area contributed by atoms with Crippen molar-refractivity contribution in [1.82, 2.24) is 10.3 Å². The van der Waals surface area contributed by atoms with Crippen molar-refractivity contribution in [2.45, 2.75) is 43.6 Å². The Kier molecular flexibility index (Phi) is 10.2. The molecule has 2 rings (SSSR count). The predicted octanol–water partition coefficient (Wildman–Crippen LogP) is 1.89. The summed E-state index contributed by atoms with van der Waals surface area (Å²) in [6.45, 7) is 0.899. The first-order chi connectivity index (χ1) is 13.6. The number of amides is 1. The van der Waals surface area contributed by atoms with Gasteiger partial charge in [0, 0.05) is 12.4 Å². The summed E-state index contributed by atoms with van der Waals surface area (Å²) in [6, 6.07) is 3.99. The Balaban J connectivity index is 0.000000503. The summed E-state index contributed by atoms with van der Waals surface area (Å²) < 4.78 is 63.5. The van der Waals surface area contributed by atoms with Crippen LogP contribution in [0.4, 0.5) is 26.3 Å². The number of nitrogens with two attached hydrogens (primary N) is 1. The molecule has 170 valence electrons. The van der Waals surface area contributed by atoms with Crippen LogP contribution in [0.25, 0.3) is 0 Å². The van der Waals surface area contributed by atoms with Gasteiger partial charge in [-0.1, -0.05) is 6.07 Å². The molecule has 1 aromatic rings. The van der Waals surface area contributed by atoms with Gasteiger partial charge < -0.3 is 21.3 Å². The highest BCUT2D eigenvalue weighted by molar-refractivity contribution is 5.85. The van der Waals surface area contributed by atoms with E-state index in [4.69, 9.17) is 25.5 Å². The number of carbonyl (C=O) groups is 3. The number of nitrogens with zero attached hydrogens (tertiary/aromatic N) is 1. The molecule has 1 fully saturated rings. The molecular weight excluding hydrogens is 428 g/mol. The van der Waals surface area contributed by atoms with Crippen molar-refractivity contribution in [2.75, 3.05) is 6.54 Å². The molecule has 1 unspecified atom stereocenters. The fourth-order valence-corrected chi connectivity index (χ4v) is 2.11. The summed E-state index contributed by atoms with van der Waals surface area (Å²) in [6.07, 6.45) is -2.94. The topological polar surface area (TPSA) is 143 Å². The first-order valence-corrected chi connectivity index (χ1v) is 8.16. The number of carbonyl (C=O) groups excluding carboxylic acids is 1. The Morgan fingerprint density at radius 2 is 1.57 bits per heavy atom. The van der Waals surface area contributed by atoms with Crippen LogP contribution in [0.3, 0.4) is 0 Å². The maximum absolute atomic E-state index is 11.3. The molecule has 0 saturated carbocycles. The molecule has 1 aliphatic heterocycles. The van der Waals surface area contributed by atoms with E-state index in [2.05, 4.69) is 16.4 Å². The molecule has 1 amide bonds. The largest absolute Gasteiger partial charge is 0.490 e. The second-order valence-electron chi connectivity index (χ2n) is 5.94. The number of hydrogen-bond donors (Lipinski definition) is 4. The summed E-state index contributed by atoms with van der Waals surface area (Å²) in [4.78, 5) is 33.1. The molecular formula is C16H19F6N3O5. The first kappa shape index (κ1) is 27.1. The summed E-state index contributed by atoms with van der Waals surface area (Å²) in [5.41, 5.74) is 6.18. The highest BCUT2D eigenvalue weighted by Gasteiger charge is 2.41. The van der Waals surface area contributed by atoms with E-state index >= 15 is 0 Å². The van der Waals surface area contributed by atoms with E-state index in [0.717, 1.165) is 32.2 Å². The molecule has 1 saturated heterocycles. The lowest BCUT2D eigenvalue weighted by Gasteiger charge is -2.40. The number of primary amides is 1. The zero-order valence-corrected chi connectivity index (χ0v) is 15.3. The lowest BCUT2D eigenvalue weighted by Crippen LogP contribution is -2.64. The fraction of sp³-hybridized carbons (Fsp3) is 0.500. The predicted molar refractivity (Wildman–Crippen MR) is 89.1 cm³/mol. The van der Waals surface area contributed by atoms with Gasteiger partial charge in [0.05, 0.1) is 5.54 Å². The second kappa shape index (κ2) is 11.3. The number of carboxylic acid groups (broad SMARTS) is 2. The lowest BCUT2D eigenvalue weighted by atomic mass is 9.82. The van der Waals surface area contributed by atoms with Gasteiger partial charge >= 0.3 is 24.3 Å². The van der Waals surface area contributed by atoms with E-state index in [1.807, 2.05) is 12.3 Å². The molecule has 1 aliphatic rings. The van der Waals surface area contributed by atoms with Gasteiger partial charge in [-0.2, -0.15) is 26.3 Å². The Morgan fingerprint density at radius 1 is 1.10 bits per heavy atom. The third-order valence-corrected chi connectivity index (χ3v) is 3.76. The number of rotatable bonds is 5. The Morgan fingerprint density at radius 3 is 1.83 bits per heavy atom. The van der Waals surface area contributed by atoms with Crippen LogP contribution in [-0.4, -0.2) is 57.5 Å². The molecule has 0 bridgehead atoms. The minimum Gasteiger partial charge on any atom is -0.475 e. The molecule has 1 aromatic heterocycles. The minimum absolute atomic E-state index is 0.218. The van der Waals surface area contributed by atoms with Crippen molar-refractivity contribution in [2.24, 2.45) is 5.73 Å². The van der Waals surface area contributed by atoms with Gasteiger partial charge in [0.2, 0.25) is 5.91 Å². The third-order valence-electron chi connectivity index (χ3n) is 3.76. The van der Waals surface area contributed by atoms with Crippen molar-refractivity contribution in [1.29, 1.82) is 0 Å². The van der Waals surface area contributed by atoms with E-state index in [-0.39, 0.29) is 5.91 Å². The van der Waals surface area contributed by atoms with Crippen LogP contribution < -0.4 is 11.1 Å². The van der Waals surface area contributed by atoms with Crippen LogP contribution in [0.2, 0.25) is 0 Å². The second-order valence-corrected chi connectivity index (χ2v) is 5.94. The molecule has 14 heteroatoms. The molecule has 2 heterocycles. The van der Waals surface area contributed by atoms with E-state index in [0.29, 0.717) is 0 Å². The van der Waals surface area contributed by atoms with Crippen LogP contribution in [0.15, 0.2) is 24.5 Å². The van der Waals surface area contributed by atoms with Crippen LogP contribution in [0.1, 0.15) is 24.8 Å². The number of aryl methyl sites for hydroxylation is 1. The van der Waals surface area contributed by atoms with Gasteiger partial charge in [0.15, 0.2) is 0 Å². The summed E-state index contributed by atoms with van der Waals surface area (Å²) in [5.74, 6) is -5.73. The van der Waals surface area contributed by atoms with E-state index in [1.54, 1.807) is 6.20 Å². The number of aromatic nitrogens is 1. The smallest absolute Gasteiger partial charge is 0.475 e. The zero-order chi connectivity index (χ0) is 23.6. The number of nitrogens with one attached hydrogen (secondary N) is 1. The van der Waals surface area contributed by atoms with Crippen molar-refractivity contribution in [3.8, 4) is 0 Å². The number of aliphatic carboxylic acids is 2. The van der Waals surface area contributed by atoms with Crippen LogP contribution in [-0.2, 0) is 20.8 Å². The van der Waals surface area contributed by atoms with Gasteiger partial charge in [0.1, 0.15) is 0 Å². The Bertz CT molecular complexity index is 682. The van der Waals surface area contributed by atoms with Gasteiger partial charge in [-0.25, -0.2) is 9.59 Å². The Labute approximate surface area is 166 Å². The Hall–Kier alpha value is -2.90. The summed E-state index contributed by atoms with van der Waals surface area (Å²) in [7, 11) is 0. The highest BCUT2D eigenvalue weighted by Crippen LogP contribution is 2.25. The van der Waals surface area contributed by atoms with Crippen molar-refractivity contribution >= 4 is 17.8 Å². The van der Waals surface area contributed by atoms with Gasteiger partial charge in [0.25, 0.3) is 0 Å². The fourth-order valence-electron chi connectivity index (χ4n) is 2.11. The lowest BCUT2D eigenvalue weighted by molar-refractivity contribution is -0.193. The monoisotopic (exact) mass is 447 g/mol. The number of pyridine rings is 1. The average Bonchev–Trinajstić information content (AvgIpc) is 2.57.